The van der Waals surface area contributed by atoms with E-state index in [1.165, 1.54) is 5.06 Å². The van der Waals surface area contributed by atoms with Crippen LogP contribution in [-0.2, 0) is 0 Å². The maximum absolute atomic E-state index is 14.2. The first-order valence-corrected chi connectivity index (χ1v) is 8.31. The van der Waals surface area contributed by atoms with Crippen LogP contribution in [0.25, 0.3) is 0 Å². The van der Waals surface area contributed by atoms with Gasteiger partial charge in [-0.3, -0.25) is 4.99 Å². The number of aliphatic imine (C=N–C) groups is 1. The summed E-state index contributed by atoms with van der Waals surface area (Å²) in [6.07, 6.45) is 8.09. The minimum Gasteiger partial charge on any atom is -0.367 e. The lowest BCUT2D eigenvalue weighted by Crippen LogP contribution is -2.52. The third-order valence-corrected chi connectivity index (χ3v) is 4.78. The number of nitrogens with zero attached hydrogens (tertiary/aromatic N) is 2. The summed E-state index contributed by atoms with van der Waals surface area (Å²) in [5, 5.41) is 23.1. The number of nitrogens with one attached hydrogen (secondary N) is 4. The van der Waals surface area contributed by atoms with Crippen molar-refractivity contribution in [2.24, 2.45) is 10.7 Å². The molecule has 4 rings (SSSR count). The molecular formula is C16H22FN7O. The molecule has 9 heteroatoms. The van der Waals surface area contributed by atoms with E-state index in [0.717, 1.165) is 11.1 Å². The number of allylic oxidation sites excluding steroid dienone is 2. The molecule has 7 N–H and O–H groups in total. The molecule has 0 amide bonds. The van der Waals surface area contributed by atoms with Gasteiger partial charge in [-0.25, -0.2) is 4.39 Å². The molecule has 4 aliphatic rings. The quantitative estimate of drug-likeness (QED) is 0.403. The zero-order chi connectivity index (χ0) is 17.4. The number of fused-ring (bicyclic) bond motifs is 1. The van der Waals surface area contributed by atoms with E-state index in [1.54, 1.807) is 6.21 Å². The van der Waals surface area contributed by atoms with E-state index in [9.17, 15) is 9.60 Å². The Morgan fingerprint density at radius 3 is 3.20 bits per heavy atom. The molecule has 8 nitrogen and oxygen atoms in total. The van der Waals surface area contributed by atoms with Crippen molar-refractivity contribution in [2.75, 3.05) is 26.2 Å². The topological polar surface area (TPSA) is 110 Å². The largest absolute Gasteiger partial charge is 0.367 e. The van der Waals surface area contributed by atoms with Gasteiger partial charge in [0.25, 0.3) is 0 Å². The van der Waals surface area contributed by atoms with E-state index >= 15 is 0 Å². The number of hydrogen-bond acceptors (Lipinski definition) is 8. The van der Waals surface area contributed by atoms with Crippen molar-refractivity contribution in [1.82, 2.24) is 26.3 Å². The number of halogens is 1. The lowest BCUT2D eigenvalue weighted by molar-refractivity contribution is -0.0724. The van der Waals surface area contributed by atoms with Crippen LogP contribution in [0.4, 0.5) is 4.39 Å². The van der Waals surface area contributed by atoms with Crippen LogP contribution in [0.2, 0.25) is 0 Å². The van der Waals surface area contributed by atoms with Crippen molar-refractivity contribution in [2.45, 2.75) is 18.1 Å². The van der Waals surface area contributed by atoms with Gasteiger partial charge in [0, 0.05) is 42.5 Å². The standard InChI is InChI=1S/C16H22FN7O/c17-12-7-21-14(11-6-20-13-10(11)2-1-4-19-13)23-15(12)22-8-16(18)3-5-24(25)9-16/h1-2,4,6,13,19,21-23,25H,3,5,7-9,18H2/t13?,16-/m0/s1. The van der Waals surface area contributed by atoms with Gasteiger partial charge in [-0.2, -0.15) is 5.06 Å². The van der Waals surface area contributed by atoms with Gasteiger partial charge < -0.3 is 32.2 Å². The first kappa shape index (κ1) is 16.1. The highest BCUT2D eigenvalue weighted by atomic mass is 19.1. The summed E-state index contributed by atoms with van der Waals surface area (Å²) in [5.74, 6) is 0.702. The van der Waals surface area contributed by atoms with Gasteiger partial charge >= 0.3 is 0 Å². The Bertz CT molecular complexity index is 726. The van der Waals surface area contributed by atoms with Crippen LogP contribution in [-0.4, -0.2) is 54.4 Å². The molecule has 0 aliphatic carbocycles. The van der Waals surface area contributed by atoms with Crippen molar-refractivity contribution in [3.8, 4) is 0 Å². The second-order valence-corrected chi connectivity index (χ2v) is 6.73. The van der Waals surface area contributed by atoms with Crippen molar-refractivity contribution in [3.63, 3.8) is 0 Å². The fourth-order valence-electron chi connectivity index (χ4n) is 3.35. The van der Waals surface area contributed by atoms with Gasteiger partial charge in [0.05, 0.1) is 6.54 Å². The van der Waals surface area contributed by atoms with Gasteiger partial charge in [0.15, 0.2) is 5.83 Å². The Kier molecular flexibility index (Phi) is 3.98. The summed E-state index contributed by atoms with van der Waals surface area (Å²) in [5.41, 5.74) is 7.59. The van der Waals surface area contributed by atoms with Gasteiger partial charge in [0.1, 0.15) is 17.8 Å². The van der Waals surface area contributed by atoms with Crippen LogP contribution < -0.4 is 27.0 Å². The second kappa shape index (κ2) is 6.17. The monoisotopic (exact) mass is 347 g/mol. The molecule has 1 fully saturated rings. The van der Waals surface area contributed by atoms with E-state index in [2.05, 4.69) is 26.3 Å². The molecule has 0 aromatic heterocycles. The summed E-state index contributed by atoms with van der Waals surface area (Å²) in [6, 6.07) is 0. The molecule has 4 heterocycles. The second-order valence-electron chi connectivity index (χ2n) is 6.73. The number of hydroxylamine groups is 2. The lowest BCUT2D eigenvalue weighted by Gasteiger charge is -2.29. The number of hydrogen-bond donors (Lipinski definition) is 6. The maximum Gasteiger partial charge on any atom is 0.159 e. The van der Waals surface area contributed by atoms with Crippen LogP contribution in [0.15, 0.2) is 52.0 Å². The van der Waals surface area contributed by atoms with Crippen LogP contribution >= 0.6 is 0 Å². The number of nitrogens with two attached hydrogens (primary N) is 1. The number of dihydropyridines is 1. The van der Waals surface area contributed by atoms with Crippen LogP contribution in [0.5, 0.6) is 0 Å². The van der Waals surface area contributed by atoms with E-state index in [1.807, 2.05) is 18.4 Å². The molecule has 0 radical (unpaired) electrons. The van der Waals surface area contributed by atoms with Crippen molar-refractivity contribution < 1.29 is 9.60 Å². The van der Waals surface area contributed by atoms with Crippen molar-refractivity contribution >= 4 is 6.21 Å². The third-order valence-electron chi connectivity index (χ3n) is 4.78. The van der Waals surface area contributed by atoms with E-state index < -0.39 is 5.54 Å². The van der Waals surface area contributed by atoms with Gasteiger partial charge in [-0.1, -0.05) is 6.08 Å². The maximum atomic E-state index is 14.2. The third kappa shape index (κ3) is 3.13. The molecule has 2 atom stereocenters. The molecular weight excluding hydrogens is 325 g/mol. The fourth-order valence-corrected chi connectivity index (χ4v) is 3.35. The Labute approximate surface area is 145 Å². The molecule has 0 bridgehead atoms. The Morgan fingerprint density at radius 1 is 1.52 bits per heavy atom. The minimum atomic E-state index is -0.581. The van der Waals surface area contributed by atoms with E-state index in [4.69, 9.17) is 5.73 Å². The summed E-state index contributed by atoms with van der Waals surface area (Å²) in [4.78, 5) is 4.41. The van der Waals surface area contributed by atoms with E-state index in [-0.39, 0.29) is 18.5 Å². The predicted octanol–water partition coefficient (Wildman–Crippen LogP) is -0.635. The predicted molar refractivity (Wildman–Crippen MR) is 91.8 cm³/mol. The summed E-state index contributed by atoms with van der Waals surface area (Å²) >= 11 is 0. The highest BCUT2D eigenvalue weighted by Crippen LogP contribution is 2.26. The minimum absolute atomic E-state index is 0.0902. The Hall–Kier alpha value is -2.36. The summed E-state index contributed by atoms with van der Waals surface area (Å²) in [7, 11) is 0. The van der Waals surface area contributed by atoms with Crippen LogP contribution in [0.3, 0.4) is 0 Å². The molecule has 0 spiro atoms. The molecule has 0 aromatic rings. The highest BCUT2D eigenvalue weighted by molar-refractivity contribution is 5.90. The zero-order valence-electron chi connectivity index (χ0n) is 13.7. The highest BCUT2D eigenvalue weighted by Gasteiger charge is 2.34. The molecule has 25 heavy (non-hydrogen) atoms. The first-order valence-electron chi connectivity index (χ1n) is 8.31. The smallest absolute Gasteiger partial charge is 0.159 e. The normalized spacial score (nSPS) is 34.4. The molecule has 1 saturated heterocycles. The Morgan fingerprint density at radius 2 is 2.40 bits per heavy atom. The van der Waals surface area contributed by atoms with Crippen LogP contribution in [0.1, 0.15) is 6.42 Å². The first-order chi connectivity index (χ1) is 12.0. The van der Waals surface area contributed by atoms with E-state index in [0.29, 0.717) is 37.7 Å². The molecule has 0 aromatic carbocycles. The van der Waals surface area contributed by atoms with Crippen molar-refractivity contribution in [3.05, 3.63) is 47.0 Å². The average Bonchev–Trinajstić information content (AvgIpc) is 3.18. The lowest BCUT2D eigenvalue weighted by atomic mass is 10.0. The van der Waals surface area contributed by atoms with Gasteiger partial charge in [-0.05, 0) is 18.7 Å². The molecule has 4 aliphatic heterocycles. The van der Waals surface area contributed by atoms with Crippen molar-refractivity contribution in [1.29, 1.82) is 0 Å². The SMILES string of the molecule is N[C@]1(CNC2=C(F)CNC(=C3C=NC4NC=CC=C34)N2)CCN(O)C1. The van der Waals surface area contributed by atoms with Crippen LogP contribution in [0, 0.1) is 0 Å². The number of rotatable bonds is 3. The zero-order valence-corrected chi connectivity index (χ0v) is 13.7. The summed E-state index contributed by atoms with van der Waals surface area (Å²) in [6.45, 7) is 1.34. The fraction of sp³-hybridized carbons (Fsp3) is 0.438. The molecule has 0 saturated carbocycles. The Balaban J connectivity index is 1.49. The average molecular weight is 347 g/mol. The van der Waals surface area contributed by atoms with Gasteiger partial charge in [0.2, 0.25) is 0 Å². The van der Waals surface area contributed by atoms with Gasteiger partial charge in [-0.15, -0.1) is 0 Å². The summed E-state index contributed by atoms with van der Waals surface area (Å²) < 4.78 is 14.2. The molecule has 1 unspecified atom stereocenters. The molecule has 134 valence electrons.